The lowest BCUT2D eigenvalue weighted by atomic mass is 10.2. The Morgan fingerprint density at radius 3 is 2.38 bits per heavy atom. The average molecular weight is 305 g/mol. The van der Waals surface area contributed by atoms with Gasteiger partial charge in [0, 0.05) is 10.7 Å². The second-order valence-corrected chi connectivity index (χ2v) is 5.60. The van der Waals surface area contributed by atoms with E-state index in [0.717, 1.165) is 10.0 Å². The highest BCUT2D eigenvalue weighted by Crippen LogP contribution is 2.32. The van der Waals surface area contributed by atoms with Crippen molar-refractivity contribution in [3.63, 3.8) is 0 Å². The fraction of sp³-hybridized carbons (Fsp3) is 0.286. The minimum Gasteiger partial charge on any atom is -0.357 e. The average Bonchev–Trinajstić information content (AvgIpc) is 2.30. The zero-order valence-electron chi connectivity index (χ0n) is 6.50. The zero-order valence-corrected chi connectivity index (χ0v) is 10.4. The maximum absolute atomic E-state index is 11.5. The van der Waals surface area contributed by atoms with Crippen molar-refractivity contribution in [2.75, 3.05) is 0 Å². The van der Waals surface area contributed by atoms with Crippen molar-refractivity contribution in [1.29, 1.82) is 0 Å². The van der Waals surface area contributed by atoms with Gasteiger partial charge >= 0.3 is 0 Å². The Hall–Kier alpha value is 0.300. The number of nitrogens with one attached hydrogen (secondary N) is 1. The molecular formula is C7H5BrCl3NO. The van der Waals surface area contributed by atoms with E-state index in [1.54, 1.807) is 13.1 Å². The molecular weight excluding hydrogens is 300 g/mol. The molecule has 0 radical (unpaired) electrons. The van der Waals surface area contributed by atoms with Crippen LogP contribution in [0.5, 0.6) is 0 Å². The summed E-state index contributed by atoms with van der Waals surface area (Å²) in [6.45, 7) is 1.75. The van der Waals surface area contributed by atoms with E-state index >= 15 is 0 Å². The van der Waals surface area contributed by atoms with Gasteiger partial charge in [0.25, 0.3) is 3.79 Å². The predicted molar refractivity (Wildman–Crippen MR) is 57.9 cm³/mol. The van der Waals surface area contributed by atoms with Crippen LogP contribution in [0.4, 0.5) is 0 Å². The van der Waals surface area contributed by atoms with E-state index in [0.29, 0.717) is 5.69 Å². The molecule has 0 aliphatic carbocycles. The van der Waals surface area contributed by atoms with Crippen LogP contribution in [-0.4, -0.2) is 14.6 Å². The molecule has 0 aliphatic rings. The number of rotatable bonds is 1. The van der Waals surface area contributed by atoms with Crippen molar-refractivity contribution in [2.45, 2.75) is 10.7 Å². The largest absolute Gasteiger partial charge is 0.357 e. The number of ketones is 1. The maximum Gasteiger partial charge on any atom is 0.255 e. The Morgan fingerprint density at radius 1 is 1.54 bits per heavy atom. The van der Waals surface area contributed by atoms with Gasteiger partial charge in [0.1, 0.15) is 0 Å². The summed E-state index contributed by atoms with van der Waals surface area (Å²) < 4.78 is -1.13. The second kappa shape index (κ2) is 3.81. The summed E-state index contributed by atoms with van der Waals surface area (Å²) in [5.41, 5.74) is 1.04. The lowest BCUT2D eigenvalue weighted by molar-refractivity contribution is 0.0991. The number of hydrogen-bond acceptors (Lipinski definition) is 1. The topological polar surface area (TPSA) is 32.9 Å². The van der Waals surface area contributed by atoms with Gasteiger partial charge in [-0.3, -0.25) is 4.79 Å². The van der Waals surface area contributed by atoms with E-state index < -0.39 is 9.58 Å². The number of carbonyl (C=O) groups excluding carboxylic acids is 1. The third-order valence-corrected chi connectivity index (χ3v) is 2.90. The molecule has 2 nitrogen and oxygen atoms in total. The van der Waals surface area contributed by atoms with Crippen LogP contribution in [-0.2, 0) is 0 Å². The van der Waals surface area contributed by atoms with Crippen molar-refractivity contribution in [3.05, 3.63) is 21.9 Å². The molecule has 0 fully saturated rings. The lowest BCUT2D eigenvalue weighted by Crippen LogP contribution is -2.20. The van der Waals surface area contributed by atoms with Crippen LogP contribution in [0, 0.1) is 6.92 Å². The maximum atomic E-state index is 11.5. The molecule has 0 amide bonds. The Labute approximate surface area is 98.7 Å². The monoisotopic (exact) mass is 303 g/mol. The molecule has 0 aliphatic heterocycles. The number of hydrogen-bond donors (Lipinski definition) is 1. The molecule has 13 heavy (non-hydrogen) atoms. The summed E-state index contributed by atoms with van der Waals surface area (Å²) in [6, 6.07) is 0. The van der Waals surface area contributed by atoms with Crippen molar-refractivity contribution in [3.8, 4) is 0 Å². The first kappa shape index (κ1) is 11.4. The number of Topliss-reactive ketones (excluding diaryl/α,β-unsaturated/α-hetero) is 1. The van der Waals surface area contributed by atoms with Crippen LogP contribution in [0.15, 0.2) is 10.7 Å². The summed E-state index contributed by atoms with van der Waals surface area (Å²) in [5, 5.41) is 0. The summed E-state index contributed by atoms with van der Waals surface area (Å²) in [4.78, 5) is 14.2. The minimum atomic E-state index is -1.91. The number of carbonyl (C=O) groups is 1. The Morgan fingerprint density at radius 2 is 2.08 bits per heavy atom. The van der Waals surface area contributed by atoms with Gasteiger partial charge in [-0.1, -0.05) is 34.8 Å². The summed E-state index contributed by atoms with van der Waals surface area (Å²) in [6.07, 6.45) is 1.62. The van der Waals surface area contributed by atoms with Gasteiger partial charge in [-0.25, -0.2) is 0 Å². The molecule has 1 N–H and O–H groups in total. The van der Waals surface area contributed by atoms with Crippen LogP contribution < -0.4 is 0 Å². The van der Waals surface area contributed by atoms with Gasteiger partial charge in [0.05, 0.1) is 5.69 Å². The lowest BCUT2D eigenvalue weighted by Gasteiger charge is -2.08. The van der Waals surface area contributed by atoms with Crippen molar-refractivity contribution >= 4 is 56.5 Å². The molecule has 0 saturated heterocycles. The Bertz CT molecular complexity index is 342. The van der Waals surface area contributed by atoms with E-state index in [1.807, 2.05) is 0 Å². The van der Waals surface area contributed by atoms with Gasteiger partial charge < -0.3 is 4.98 Å². The molecule has 0 bridgehead atoms. The van der Waals surface area contributed by atoms with E-state index in [-0.39, 0.29) is 0 Å². The smallest absolute Gasteiger partial charge is 0.255 e. The Kier molecular flexibility index (Phi) is 3.33. The van der Waals surface area contributed by atoms with E-state index in [4.69, 9.17) is 34.8 Å². The summed E-state index contributed by atoms with van der Waals surface area (Å²) in [7, 11) is 0. The van der Waals surface area contributed by atoms with Crippen LogP contribution in [0.25, 0.3) is 0 Å². The fourth-order valence-electron chi connectivity index (χ4n) is 0.849. The molecule has 0 spiro atoms. The van der Waals surface area contributed by atoms with Crippen molar-refractivity contribution < 1.29 is 4.79 Å². The highest BCUT2D eigenvalue weighted by Gasteiger charge is 2.33. The number of aromatic nitrogens is 1. The van der Waals surface area contributed by atoms with Gasteiger partial charge in [-0.05, 0) is 28.4 Å². The number of H-pyrrole nitrogens is 1. The van der Waals surface area contributed by atoms with Crippen LogP contribution in [0.1, 0.15) is 16.1 Å². The third-order valence-electron chi connectivity index (χ3n) is 1.56. The SMILES string of the molecule is Cc1c(Br)c[nH]c1C(=O)C(Cl)(Cl)Cl. The third kappa shape index (κ3) is 2.40. The van der Waals surface area contributed by atoms with Gasteiger partial charge in [0.15, 0.2) is 0 Å². The number of alkyl halides is 3. The first-order valence-electron chi connectivity index (χ1n) is 3.29. The standard InChI is InChI=1S/C7H5BrCl3NO/c1-3-4(8)2-12-5(3)6(13)7(9,10)11/h2,12H,1H3. The van der Waals surface area contributed by atoms with E-state index in [9.17, 15) is 4.79 Å². The molecule has 0 unspecified atom stereocenters. The molecule has 1 aromatic heterocycles. The van der Waals surface area contributed by atoms with Crippen LogP contribution in [0.3, 0.4) is 0 Å². The van der Waals surface area contributed by atoms with Crippen molar-refractivity contribution in [2.24, 2.45) is 0 Å². The molecule has 1 rings (SSSR count). The molecule has 0 atom stereocenters. The molecule has 0 aromatic carbocycles. The Balaban J connectivity index is 3.10. The molecule has 0 saturated carbocycles. The highest BCUT2D eigenvalue weighted by atomic mass is 79.9. The van der Waals surface area contributed by atoms with Crippen LogP contribution >= 0.6 is 50.7 Å². The summed E-state index contributed by atoms with van der Waals surface area (Å²) >= 11 is 19.6. The van der Waals surface area contributed by atoms with E-state index in [2.05, 4.69) is 20.9 Å². The molecule has 1 heterocycles. The zero-order chi connectivity index (χ0) is 10.2. The van der Waals surface area contributed by atoms with E-state index in [1.165, 1.54) is 0 Å². The highest BCUT2D eigenvalue weighted by molar-refractivity contribution is 9.10. The van der Waals surface area contributed by atoms with Gasteiger partial charge in [-0.15, -0.1) is 0 Å². The predicted octanol–water partition coefficient (Wildman–Crippen LogP) is 3.64. The first-order valence-corrected chi connectivity index (χ1v) is 5.21. The first-order chi connectivity index (χ1) is 5.84. The molecule has 72 valence electrons. The van der Waals surface area contributed by atoms with Crippen molar-refractivity contribution in [1.82, 2.24) is 4.98 Å². The quantitative estimate of drug-likeness (QED) is 0.623. The minimum absolute atomic E-state index is 0.312. The fourth-order valence-corrected chi connectivity index (χ4v) is 1.45. The molecule has 1 aromatic rings. The second-order valence-electron chi connectivity index (χ2n) is 2.46. The van der Waals surface area contributed by atoms with Crippen LogP contribution in [0.2, 0.25) is 0 Å². The number of aromatic amines is 1. The molecule has 6 heteroatoms. The number of halogens is 4. The van der Waals surface area contributed by atoms with Gasteiger partial charge in [-0.2, -0.15) is 0 Å². The van der Waals surface area contributed by atoms with Gasteiger partial charge in [0.2, 0.25) is 5.78 Å². The normalized spacial score (nSPS) is 11.8. The summed E-state index contributed by atoms with van der Waals surface area (Å²) in [5.74, 6) is -0.555.